The number of aliphatic hydroxyl groups is 4. The van der Waals surface area contributed by atoms with Crippen LogP contribution in [-0.2, 0) is 23.7 Å². The second-order valence-corrected chi connectivity index (χ2v) is 9.40. The number of ether oxygens (including phenoxy) is 4. The second kappa shape index (κ2) is 4.64. The lowest BCUT2D eigenvalue weighted by molar-refractivity contribution is -0.262. The topological polar surface area (TPSA) is 135 Å². The van der Waals surface area contributed by atoms with E-state index in [2.05, 4.69) is 6.58 Å². The fraction of sp³-hybridized carbons (Fsp3) is 0.842. The zero-order valence-electron chi connectivity index (χ0n) is 15.6. The highest BCUT2D eigenvalue weighted by Crippen LogP contribution is 2.84. The lowest BCUT2D eigenvalue weighted by Crippen LogP contribution is -2.66. The first-order valence-corrected chi connectivity index (χ1v) is 9.70. The smallest absolute Gasteiger partial charge is 0.342 e. The van der Waals surface area contributed by atoms with Crippen molar-refractivity contribution in [2.24, 2.45) is 22.7 Å². The number of esters is 1. The minimum atomic E-state index is -1.86. The van der Waals surface area contributed by atoms with E-state index in [0.717, 1.165) is 0 Å². The van der Waals surface area contributed by atoms with Crippen LogP contribution < -0.4 is 0 Å². The quantitative estimate of drug-likeness (QED) is 0.306. The molecule has 9 heteroatoms. The van der Waals surface area contributed by atoms with Crippen molar-refractivity contribution >= 4 is 5.97 Å². The molecule has 0 bridgehead atoms. The first kappa shape index (κ1) is 17.8. The monoisotopic (exact) mass is 396 g/mol. The number of carbonyl (C=O) groups excluding carboxylic acids is 1. The van der Waals surface area contributed by atoms with E-state index in [4.69, 9.17) is 18.9 Å². The standard InChI is InChI=1S/C19H24O9/c1-6(2)9-10(20)12-16-4-8-18(24,7(3)5-25-8)19(16,14(23)26-12)28-15-17(9,16)11(21)13(22)27-15/h7-13,15,20-22,24H,1,4-5H2,2-3H3/t7-,8?,9-,10-,11+,12?,13+,15?,16?,17?,18-,19?/m1/s1. The maximum atomic E-state index is 13.3. The van der Waals surface area contributed by atoms with Crippen LogP contribution in [-0.4, -0.2) is 81.2 Å². The van der Waals surface area contributed by atoms with Gasteiger partial charge < -0.3 is 39.4 Å². The van der Waals surface area contributed by atoms with Gasteiger partial charge in [0.15, 0.2) is 12.6 Å². The minimum absolute atomic E-state index is 0.134. The molecule has 0 aromatic rings. The van der Waals surface area contributed by atoms with E-state index in [1.807, 2.05) is 0 Å². The Labute approximate surface area is 160 Å². The van der Waals surface area contributed by atoms with E-state index < -0.39 is 76.8 Å². The van der Waals surface area contributed by atoms with Crippen molar-refractivity contribution in [3.05, 3.63) is 12.2 Å². The number of hydrogen-bond acceptors (Lipinski definition) is 9. The van der Waals surface area contributed by atoms with Crippen molar-refractivity contribution in [1.82, 2.24) is 0 Å². The highest BCUT2D eigenvalue weighted by atomic mass is 16.8. The van der Waals surface area contributed by atoms with Crippen LogP contribution in [0.3, 0.4) is 0 Å². The molecule has 6 fully saturated rings. The molecule has 0 amide bonds. The van der Waals surface area contributed by atoms with Gasteiger partial charge in [-0.15, -0.1) is 0 Å². The van der Waals surface area contributed by atoms with Crippen LogP contribution in [0.5, 0.6) is 0 Å². The van der Waals surface area contributed by atoms with Gasteiger partial charge in [-0.05, 0) is 13.3 Å². The molecule has 2 saturated carbocycles. The molecule has 154 valence electrons. The molecular weight excluding hydrogens is 372 g/mol. The molecule has 6 aliphatic rings. The third-order valence-electron chi connectivity index (χ3n) is 8.66. The summed E-state index contributed by atoms with van der Waals surface area (Å²) in [4.78, 5) is 13.3. The largest absolute Gasteiger partial charge is 0.457 e. The van der Waals surface area contributed by atoms with Crippen molar-refractivity contribution in [3.63, 3.8) is 0 Å². The van der Waals surface area contributed by atoms with Gasteiger partial charge in [-0.2, -0.15) is 0 Å². The molecular formula is C19H24O9. The number of fused-ring (bicyclic) bond motifs is 1. The fourth-order valence-electron chi connectivity index (χ4n) is 7.93. The molecule has 2 aliphatic carbocycles. The first-order valence-electron chi connectivity index (χ1n) is 9.70. The first-order chi connectivity index (χ1) is 13.1. The highest BCUT2D eigenvalue weighted by molar-refractivity contribution is 5.89. The van der Waals surface area contributed by atoms with Gasteiger partial charge in [0.25, 0.3) is 0 Å². The zero-order valence-corrected chi connectivity index (χ0v) is 15.6. The van der Waals surface area contributed by atoms with E-state index in [1.54, 1.807) is 13.8 Å². The molecule has 0 aromatic heterocycles. The Kier molecular flexibility index (Phi) is 2.94. The molecule has 0 radical (unpaired) electrons. The molecule has 4 saturated heterocycles. The van der Waals surface area contributed by atoms with Crippen molar-refractivity contribution < 1.29 is 44.2 Å². The van der Waals surface area contributed by atoms with Crippen LogP contribution in [0, 0.1) is 22.7 Å². The van der Waals surface area contributed by atoms with Crippen LogP contribution >= 0.6 is 0 Å². The number of rotatable bonds is 1. The van der Waals surface area contributed by atoms with Crippen molar-refractivity contribution in [1.29, 1.82) is 0 Å². The maximum absolute atomic E-state index is 13.3. The molecule has 28 heavy (non-hydrogen) atoms. The van der Waals surface area contributed by atoms with Crippen LogP contribution in [0.15, 0.2) is 12.2 Å². The van der Waals surface area contributed by atoms with Crippen molar-refractivity contribution in [3.8, 4) is 0 Å². The lowest BCUT2D eigenvalue weighted by atomic mass is 9.53. The second-order valence-electron chi connectivity index (χ2n) is 9.40. The summed E-state index contributed by atoms with van der Waals surface area (Å²) in [6, 6.07) is 0. The number of hydrogen-bond donors (Lipinski definition) is 4. The normalized spacial score (nSPS) is 65.9. The summed E-state index contributed by atoms with van der Waals surface area (Å²) in [5, 5.41) is 44.5. The summed E-state index contributed by atoms with van der Waals surface area (Å²) in [6.45, 7) is 7.71. The van der Waals surface area contributed by atoms with E-state index in [-0.39, 0.29) is 13.0 Å². The van der Waals surface area contributed by atoms with Gasteiger partial charge in [0.1, 0.15) is 17.8 Å². The van der Waals surface area contributed by atoms with E-state index in [0.29, 0.717) is 5.57 Å². The van der Waals surface area contributed by atoms with Gasteiger partial charge in [0, 0.05) is 11.8 Å². The summed E-state index contributed by atoms with van der Waals surface area (Å²) in [6.07, 6.45) is -7.05. The van der Waals surface area contributed by atoms with Gasteiger partial charge in [0.2, 0.25) is 5.60 Å². The average molecular weight is 396 g/mol. The van der Waals surface area contributed by atoms with Crippen LogP contribution in [0.4, 0.5) is 0 Å². The van der Waals surface area contributed by atoms with Gasteiger partial charge in [0.05, 0.1) is 29.6 Å². The SMILES string of the molecule is C=C(C)[C@@H]1[C@@H](O)C2OC(=O)C34OC5O[C@H](O)[C@H](O)C51C23CC1OC[C@@H](C)[C@@]14O. The molecule has 6 unspecified atom stereocenters. The molecule has 12 atom stereocenters. The summed E-state index contributed by atoms with van der Waals surface area (Å²) in [5.74, 6) is -1.98. The minimum Gasteiger partial charge on any atom is -0.457 e. The van der Waals surface area contributed by atoms with Gasteiger partial charge >= 0.3 is 5.97 Å². The molecule has 4 heterocycles. The Bertz CT molecular complexity index is 815. The Morgan fingerprint density at radius 1 is 1.29 bits per heavy atom. The van der Waals surface area contributed by atoms with Crippen LogP contribution in [0.25, 0.3) is 0 Å². The zero-order chi connectivity index (χ0) is 20.0. The van der Waals surface area contributed by atoms with E-state index in [9.17, 15) is 25.2 Å². The predicted molar refractivity (Wildman–Crippen MR) is 88.2 cm³/mol. The summed E-state index contributed by atoms with van der Waals surface area (Å²) < 4.78 is 23.3. The van der Waals surface area contributed by atoms with E-state index >= 15 is 0 Å². The molecule has 0 aromatic carbocycles. The fourth-order valence-corrected chi connectivity index (χ4v) is 7.93. The number of aliphatic hydroxyl groups excluding tert-OH is 3. The number of carbonyl (C=O) groups is 1. The Balaban J connectivity index is 1.70. The molecule has 9 nitrogen and oxygen atoms in total. The Morgan fingerprint density at radius 3 is 2.68 bits per heavy atom. The van der Waals surface area contributed by atoms with Gasteiger partial charge in [-0.3, -0.25) is 0 Å². The Morgan fingerprint density at radius 2 is 2.00 bits per heavy atom. The van der Waals surface area contributed by atoms with Gasteiger partial charge in [-0.1, -0.05) is 19.1 Å². The predicted octanol–water partition coefficient (Wildman–Crippen LogP) is -1.57. The van der Waals surface area contributed by atoms with Crippen molar-refractivity contribution in [2.75, 3.05) is 6.61 Å². The highest BCUT2D eigenvalue weighted by Gasteiger charge is 3.00. The van der Waals surface area contributed by atoms with Gasteiger partial charge in [-0.25, -0.2) is 4.79 Å². The van der Waals surface area contributed by atoms with Crippen LogP contribution in [0.1, 0.15) is 20.3 Å². The Hall–Kier alpha value is -1.07. The molecule has 4 N–H and O–H groups in total. The van der Waals surface area contributed by atoms with Crippen LogP contribution in [0.2, 0.25) is 0 Å². The summed E-state index contributed by atoms with van der Waals surface area (Å²) in [7, 11) is 0. The molecule has 4 aliphatic heterocycles. The lowest BCUT2D eigenvalue weighted by Gasteiger charge is -2.45. The maximum Gasteiger partial charge on any atom is 0.342 e. The van der Waals surface area contributed by atoms with Crippen molar-refractivity contribution in [2.45, 2.75) is 68.5 Å². The third kappa shape index (κ3) is 1.25. The summed E-state index contributed by atoms with van der Waals surface area (Å²) in [5.41, 5.74) is -5.74. The van der Waals surface area contributed by atoms with E-state index in [1.165, 1.54) is 0 Å². The third-order valence-corrected chi connectivity index (χ3v) is 8.66. The molecule has 2 spiro atoms. The molecule has 6 rings (SSSR count). The summed E-state index contributed by atoms with van der Waals surface area (Å²) >= 11 is 0. The average Bonchev–Trinajstić information content (AvgIpc) is 3.32.